The molecule has 16 heavy (non-hydrogen) atoms. The van der Waals surface area contributed by atoms with Crippen LogP contribution in [-0.4, -0.2) is 11.0 Å². The summed E-state index contributed by atoms with van der Waals surface area (Å²) < 4.78 is 13.5. The lowest BCUT2D eigenvalue weighted by molar-refractivity contribution is 0.630. The third-order valence-corrected chi connectivity index (χ3v) is 3.07. The van der Waals surface area contributed by atoms with E-state index < -0.39 is 0 Å². The molecule has 2 N–H and O–H groups in total. The molecule has 0 saturated heterocycles. The third-order valence-electron chi connectivity index (χ3n) is 2.20. The van der Waals surface area contributed by atoms with Crippen molar-refractivity contribution in [2.24, 2.45) is 5.73 Å². The average Bonchev–Trinajstić information content (AvgIpc) is 2.66. The van der Waals surface area contributed by atoms with Gasteiger partial charge in [-0.1, -0.05) is 12.1 Å². The second kappa shape index (κ2) is 4.72. The maximum atomic E-state index is 13.5. The van der Waals surface area contributed by atoms with Gasteiger partial charge in [-0.3, -0.25) is 0 Å². The number of nitrogens with two attached hydrogens (primary N) is 1. The maximum Gasteiger partial charge on any atom is 0.132 e. The summed E-state index contributed by atoms with van der Waals surface area (Å²) in [7, 11) is 0. The van der Waals surface area contributed by atoms with E-state index in [1.807, 2.05) is 18.4 Å². The summed E-state index contributed by atoms with van der Waals surface area (Å²) >= 11 is 1.52. The van der Waals surface area contributed by atoms with E-state index in [0.29, 0.717) is 11.3 Å². The Kier molecular flexibility index (Phi) is 3.31. The van der Waals surface area contributed by atoms with Crippen molar-refractivity contribution in [1.29, 1.82) is 0 Å². The summed E-state index contributed by atoms with van der Waals surface area (Å²) in [6.45, 7) is 1.93. The fourth-order valence-electron chi connectivity index (χ4n) is 1.47. The van der Waals surface area contributed by atoms with Gasteiger partial charge in [0.25, 0.3) is 0 Å². The van der Waals surface area contributed by atoms with Gasteiger partial charge in [0, 0.05) is 23.4 Å². The number of hydrogen-bond acceptors (Lipinski definition) is 3. The number of rotatable bonds is 3. The Bertz CT molecular complexity index is 479. The highest BCUT2D eigenvalue weighted by molar-refractivity contribution is 7.09. The van der Waals surface area contributed by atoms with Crippen molar-refractivity contribution in [2.45, 2.75) is 19.4 Å². The molecule has 1 aromatic carbocycles. The van der Waals surface area contributed by atoms with Crippen LogP contribution in [0.3, 0.4) is 0 Å². The van der Waals surface area contributed by atoms with Crippen LogP contribution in [0.1, 0.15) is 11.9 Å². The summed E-state index contributed by atoms with van der Waals surface area (Å²) in [6, 6.07) is 6.75. The Morgan fingerprint density at radius 3 is 2.88 bits per heavy atom. The normalized spacial score (nSPS) is 12.7. The fourth-order valence-corrected chi connectivity index (χ4v) is 2.41. The van der Waals surface area contributed by atoms with Crippen LogP contribution in [0.4, 0.5) is 4.39 Å². The monoisotopic (exact) mass is 236 g/mol. The van der Waals surface area contributed by atoms with Crippen LogP contribution in [0, 0.1) is 5.82 Å². The number of hydrogen-bond donors (Lipinski definition) is 1. The van der Waals surface area contributed by atoms with Gasteiger partial charge in [-0.2, -0.15) is 0 Å². The first-order valence-electron chi connectivity index (χ1n) is 5.11. The summed E-state index contributed by atoms with van der Waals surface area (Å²) in [6.07, 6.45) is 0.735. The average molecular weight is 236 g/mol. The van der Waals surface area contributed by atoms with Gasteiger partial charge in [0.1, 0.15) is 5.82 Å². The zero-order chi connectivity index (χ0) is 11.5. The maximum absolute atomic E-state index is 13.5. The summed E-state index contributed by atoms with van der Waals surface area (Å²) in [5.41, 5.74) is 6.94. The Hall–Kier alpha value is -1.26. The van der Waals surface area contributed by atoms with E-state index in [9.17, 15) is 4.39 Å². The van der Waals surface area contributed by atoms with Crippen molar-refractivity contribution in [3.05, 3.63) is 40.5 Å². The molecule has 0 aliphatic rings. The molecule has 84 valence electrons. The van der Waals surface area contributed by atoms with Crippen LogP contribution < -0.4 is 5.73 Å². The highest BCUT2D eigenvalue weighted by Gasteiger charge is 2.09. The van der Waals surface area contributed by atoms with Crippen molar-refractivity contribution in [1.82, 2.24) is 4.98 Å². The van der Waals surface area contributed by atoms with E-state index in [1.54, 1.807) is 12.1 Å². The first kappa shape index (κ1) is 11.2. The molecule has 1 heterocycles. The molecule has 2 rings (SSSR count). The molecule has 0 saturated carbocycles. The quantitative estimate of drug-likeness (QED) is 0.890. The van der Waals surface area contributed by atoms with Crippen LogP contribution in [-0.2, 0) is 6.42 Å². The smallest absolute Gasteiger partial charge is 0.132 e. The number of benzene rings is 1. The molecule has 1 unspecified atom stereocenters. The van der Waals surface area contributed by atoms with E-state index in [2.05, 4.69) is 4.98 Å². The lowest BCUT2D eigenvalue weighted by atomic mass is 10.1. The van der Waals surface area contributed by atoms with E-state index in [0.717, 1.165) is 11.4 Å². The molecule has 2 nitrogen and oxygen atoms in total. The van der Waals surface area contributed by atoms with Crippen LogP contribution in [0.25, 0.3) is 11.3 Å². The SMILES string of the molecule is CC(N)Cc1nc(-c2ccccc2F)cs1. The molecule has 1 aromatic heterocycles. The molecule has 1 atom stereocenters. The predicted octanol–water partition coefficient (Wildman–Crippen LogP) is 2.84. The molecular weight excluding hydrogens is 223 g/mol. The van der Waals surface area contributed by atoms with E-state index >= 15 is 0 Å². The van der Waals surface area contributed by atoms with E-state index in [-0.39, 0.29) is 11.9 Å². The number of nitrogens with zero attached hydrogens (tertiary/aromatic N) is 1. The van der Waals surface area contributed by atoms with E-state index in [4.69, 9.17) is 5.73 Å². The van der Waals surface area contributed by atoms with Crippen LogP contribution >= 0.6 is 11.3 Å². The van der Waals surface area contributed by atoms with Gasteiger partial charge in [0.05, 0.1) is 10.7 Å². The fraction of sp³-hybridized carbons (Fsp3) is 0.250. The minimum atomic E-state index is -0.236. The topological polar surface area (TPSA) is 38.9 Å². The highest BCUT2D eigenvalue weighted by Crippen LogP contribution is 2.24. The zero-order valence-corrected chi connectivity index (χ0v) is 9.80. The van der Waals surface area contributed by atoms with Crippen molar-refractivity contribution >= 4 is 11.3 Å². The standard InChI is InChI=1S/C12H13FN2S/c1-8(14)6-12-15-11(7-16-12)9-4-2-3-5-10(9)13/h2-5,7-8H,6,14H2,1H3. The van der Waals surface area contributed by atoms with Crippen molar-refractivity contribution in [2.75, 3.05) is 0 Å². The second-order valence-corrected chi connectivity index (χ2v) is 4.73. The van der Waals surface area contributed by atoms with Gasteiger partial charge in [-0.05, 0) is 19.1 Å². The number of halogens is 1. The van der Waals surface area contributed by atoms with Crippen molar-refractivity contribution < 1.29 is 4.39 Å². The molecule has 0 fully saturated rings. The summed E-state index contributed by atoms with van der Waals surface area (Å²) in [5, 5.41) is 2.82. The van der Waals surface area contributed by atoms with Crippen molar-refractivity contribution in [3.8, 4) is 11.3 Å². The van der Waals surface area contributed by atoms with Gasteiger partial charge >= 0.3 is 0 Å². The Balaban J connectivity index is 2.28. The summed E-state index contributed by atoms with van der Waals surface area (Å²) in [5.74, 6) is -0.236. The molecule has 0 spiro atoms. The minimum Gasteiger partial charge on any atom is -0.328 e. The molecule has 2 aromatic rings. The molecule has 0 radical (unpaired) electrons. The van der Waals surface area contributed by atoms with Crippen molar-refractivity contribution in [3.63, 3.8) is 0 Å². The Morgan fingerprint density at radius 1 is 1.44 bits per heavy atom. The minimum absolute atomic E-state index is 0.0830. The lowest BCUT2D eigenvalue weighted by Gasteiger charge is -2.00. The largest absolute Gasteiger partial charge is 0.328 e. The van der Waals surface area contributed by atoms with Gasteiger partial charge in [0.15, 0.2) is 0 Å². The van der Waals surface area contributed by atoms with Gasteiger partial charge in [0.2, 0.25) is 0 Å². The first-order chi connectivity index (χ1) is 7.66. The third kappa shape index (κ3) is 2.46. The second-order valence-electron chi connectivity index (χ2n) is 3.79. The Morgan fingerprint density at radius 2 is 2.19 bits per heavy atom. The molecule has 0 aliphatic heterocycles. The molecular formula is C12H13FN2S. The Labute approximate surface area is 97.9 Å². The van der Waals surface area contributed by atoms with Gasteiger partial charge in [-0.15, -0.1) is 11.3 Å². The molecule has 0 aliphatic carbocycles. The molecule has 0 bridgehead atoms. The number of aromatic nitrogens is 1. The predicted molar refractivity (Wildman–Crippen MR) is 64.9 cm³/mol. The molecule has 0 amide bonds. The van der Waals surface area contributed by atoms with Crippen LogP contribution in [0.2, 0.25) is 0 Å². The molecule has 4 heteroatoms. The lowest BCUT2D eigenvalue weighted by Crippen LogP contribution is -2.17. The van der Waals surface area contributed by atoms with Crippen LogP contribution in [0.5, 0.6) is 0 Å². The zero-order valence-electron chi connectivity index (χ0n) is 8.98. The van der Waals surface area contributed by atoms with Gasteiger partial charge in [-0.25, -0.2) is 9.37 Å². The van der Waals surface area contributed by atoms with E-state index in [1.165, 1.54) is 17.4 Å². The van der Waals surface area contributed by atoms with Gasteiger partial charge < -0.3 is 5.73 Å². The first-order valence-corrected chi connectivity index (χ1v) is 5.99. The van der Waals surface area contributed by atoms with Crippen LogP contribution in [0.15, 0.2) is 29.6 Å². The number of thiazole rings is 1. The highest BCUT2D eigenvalue weighted by atomic mass is 32.1. The summed E-state index contributed by atoms with van der Waals surface area (Å²) in [4.78, 5) is 4.38.